The highest BCUT2D eigenvalue weighted by atomic mass is 32.2. The molecule has 46 valence electrons. The lowest BCUT2D eigenvalue weighted by atomic mass is 10.8. The topological polar surface area (TPSA) is 41.6 Å². The zero-order chi connectivity index (χ0) is 6.69. The van der Waals surface area contributed by atoms with Crippen LogP contribution in [0.3, 0.4) is 0 Å². The van der Waals surface area contributed by atoms with Crippen molar-refractivity contribution >= 4 is 11.8 Å². The first-order chi connectivity index (χ1) is 4.33. The minimum absolute atomic E-state index is 0.606. The normalized spacial score (nSPS) is 8.89. The van der Waals surface area contributed by atoms with Crippen LogP contribution in [0.4, 0.5) is 0 Å². The van der Waals surface area contributed by atoms with Gasteiger partial charge in [0.25, 0.3) is 0 Å². The molecule has 0 fully saturated rings. The van der Waals surface area contributed by atoms with Crippen LogP contribution < -0.4 is 0 Å². The summed E-state index contributed by atoms with van der Waals surface area (Å²) in [5.74, 6) is 0.785. The number of nitrogens with zero attached hydrogens (tertiary/aromatic N) is 2. The second-order valence-electron chi connectivity index (χ2n) is 1.42. The van der Waals surface area contributed by atoms with E-state index in [4.69, 9.17) is 6.42 Å². The number of nitrogens with one attached hydrogen (secondary N) is 1. The monoisotopic (exact) mass is 139 g/mol. The van der Waals surface area contributed by atoms with E-state index < -0.39 is 0 Å². The second kappa shape index (κ2) is 2.55. The molecule has 0 aliphatic carbocycles. The molecule has 0 saturated carbocycles. The van der Waals surface area contributed by atoms with Crippen molar-refractivity contribution in [3.05, 3.63) is 5.82 Å². The number of H-pyrrole nitrogens is 1. The summed E-state index contributed by atoms with van der Waals surface area (Å²) in [5, 5.41) is 9.44. The molecule has 0 radical (unpaired) electrons. The first-order valence-electron chi connectivity index (χ1n) is 2.34. The number of aromatic nitrogens is 3. The fraction of sp³-hybridized carbons (Fsp3) is 0.200. The van der Waals surface area contributed by atoms with Crippen LogP contribution in [-0.4, -0.2) is 15.2 Å². The highest BCUT2D eigenvalue weighted by Gasteiger charge is 1.95. The van der Waals surface area contributed by atoms with Gasteiger partial charge in [-0.3, -0.25) is 5.10 Å². The number of aromatic amines is 1. The molecule has 0 aliphatic heterocycles. The third-order valence-corrected chi connectivity index (χ3v) is 1.21. The molecule has 0 aliphatic rings. The van der Waals surface area contributed by atoms with E-state index in [0.717, 1.165) is 5.82 Å². The van der Waals surface area contributed by atoms with Gasteiger partial charge >= 0.3 is 0 Å². The van der Waals surface area contributed by atoms with Gasteiger partial charge in [0.1, 0.15) is 5.82 Å². The number of terminal acetylenes is 1. The third kappa shape index (κ3) is 1.47. The predicted molar refractivity (Wildman–Crippen MR) is 35.8 cm³/mol. The summed E-state index contributed by atoms with van der Waals surface area (Å²) in [6.07, 6.45) is 4.99. The van der Waals surface area contributed by atoms with Gasteiger partial charge in [-0.25, -0.2) is 4.98 Å². The van der Waals surface area contributed by atoms with E-state index in [9.17, 15) is 0 Å². The van der Waals surface area contributed by atoms with E-state index in [0.29, 0.717) is 5.16 Å². The molecule has 1 heterocycles. The number of thioether (sulfide) groups is 1. The van der Waals surface area contributed by atoms with Crippen molar-refractivity contribution in [3.63, 3.8) is 0 Å². The predicted octanol–water partition coefficient (Wildman–Crippen LogP) is 0.796. The van der Waals surface area contributed by atoms with Crippen LogP contribution in [-0.2, 0) is 0 Å². The number of aryl methyl sites for hydroxylation is 1. The van der Waals surface area contributed by atoms with Gasteiger partial charge in [-0.1, -0.05) is 0 Å². The van der Waals surface area contributed by atoms with Gasteiger partial charge in [0, 0.05) is 11.8 Å². The standard InChI is InChI=1S/C5H5N3S/c1-3-9-5-6-4(2)7-8-5/h1H,2H3,(H,6,7,8). The maximum Gasteiger partial charge on any atom is 0.221 e. The van der Waals surface area contributed by atoms with Crippen molar-refractivity contribution < 1.29 is 0 Å². The van der Waals surface area contributed by atoms with Gasteiger partial charge in [-0.2, -0.15) is 0 Å². The zero-order valence-corrected chi connectivity index (χ0v) is 5.70. The van der Waals surface area contributed by atoms with Crippen molar-refractivity contribution in [2.45, 2.75) is 12.1 Å². The third-order valence-electron chi connectivity index (χ3n) is 0.727. The fourth-order valence-corrected chi connectivity index (χ4v) is 0.800. The van der Waals surface area contributed by atoms with Crippen LogP contribution in [0.1, 0.15) is 5.82 Å². The summed E-state index contributed by atoms with van der Waals surface area (Å²) in [6.45, 7) is 1.83. The lowest BCUT2D eigenvalue weighted by Crippen LogP contribution is -1.69. The molecule has 3 nitrogen and oxygen atoms in total. The van der Waals surface area contributed by atoms with Gasteiger partial charge in [-0.15, -0.1) is 11.5 Å². The fourth-order valence-electron chi connectivity index (χ4n) is 0.421. The minimum atomic E-state index is 0.606. The Bertz CT molecular complexity index is 235. The van der Waals surface area contributed by atoms with Crippen molar-refractivity contribution in [3.8, 4) is 11.7 Å². The maximum absolute atomic E-state index is 4.99. The highest BCUT2D eigenvalue weighted by Crippen LogP contribution is 2.08. The van der Waals surface area contributed by atoms with E-state index in [1.807, 2.05) is 6.92 Å². The molecule has 9 heavy (non-hydrogen) atoms. The molecule has 0 aromatic carbocycles. The average Bonchev–Trinajstić information content (AvgIpc) is 2.17. The Morgan fingerprint density at radius 2 is 2.56 bits per heavy atom. The second-order valence-corrected chi connectivity index (χ2v) is 2.23. The molecule has 0 saturated heterocycles. The Morgan fingerprint density at radius 3 is 3.00 bits per heavy atom. The molecule has 0 amide bonds. The molecule has 0 spiro atoms. The molecule has 0 bridgehead atoms. The first-order valence-corrected chi connectivity index (χ1v) is 3.16. The number of rotatable bonds is 1. The molecule has 0 unspecified atom stereocenters. The number of hydrogen-bond donors (Lipinski definition) is 1. The average molecular weight is 139 g/mol. The summed E-state index contributed by atoms with van der Waals surface area (Å²) >= 11 is 1.17. The maximum atomic E-state index is 4.99. The molecular formula is C5H5N3S. The number of hydrogen-bond acceptors (Lipinski definition) is 3. The van der Waals surface area contributed by atoms with Gasteiger partial charge in [0.2, 0.25) is 5.16 Å². The van der Waals surface area contributed by atoms with E-state index >= 15 is 0 Å². The van der Waals surface area contributed by atoms with Gasteiger partial charge < -0.3 is 0 Å². The van der Waals surface area contributed by atoms with Crippen LogP contribution >= 0.6 is 11.8 Å². The van der Waals surface area contributed by atoms with Crippen LogP contribution in [0.5, 0.6) is 0 Å². The first kappa shape index (κ1) is 6.17. The Morgan fingerprint density at radius 1 is 1.78 bits per heavy atom. The summed E-state index contributed by atoms with van der Waals surface area (Å²) in [6, 6.07) is 0. The lowest BCUT2D eigenvalue weighted by molar-refractivity contribution is 0.973. The molecule has 4 heteroatoms. The van der Waals surface area contributed by atoms with Gasteiger partial charge in [0.15, 0.2) is 0 Å². The van der Waals surface area contributed by atoms with Gasteiger partial charge in [-0.05, 0) is 12.2 Å². The van der Waals surface area contributed by atoms with Crippen molar-refractivity contribution in [1.29, 1.82) is 0 Å². The Hall–Kier alpha value is -0.950. The minimum Gasteiger partial charge on any atom is -0.262 e. The quantitative estimate of drug-likeness (QED) is 0.462. The van der Waals surface area contributed by atoms with E-state index in [2.05, 4.69) is 20.4 Å². The van der Waals surface area contributed by atoms with Crippen molar-refractivity contribution in [2.75, 3.05) is 0 Å². The largest absolute Gasteiger partial charge is 0.262 e. The molecule has 1 aromatic rings. The Balaban J connectivity index is 2.76. The van der Waals surface area contributed by atoms with E-state index in [-0.39, 0.29) is 0 Å². The molecule has 0 atom stereocenters. The summed E-state index contributed by atoms with van der Waals surface area (Å²) in [7, 11) is 0. The molecular weight excluding hydrogens is 134 g/mol. The van der Waals surface area contributed by atoms with E-state index in [1.54, 1.807) is 0 Å². The van der Waals surface area contributed by atoms with Gasteiger partial charge in [0.05, 0.1) is 0 Å². The smallest absolute Gasteiger partial charge is 0.221 e. The SMILES string of the molecule is C#CSc1n[nH]c(C)n1. The van der Waals surface area contributed by atoms with Crippen LogP contribution in [0.2, 0.25) is 0 Å². The summed E-state index contributed by atoms with van der Waals surface area (Å²) in [4.78, 5) is 3.95. The molecule has 1 rings (SSSR count). The Labute approximate surface area is 57.3 Å². The highest BCUT2D eigenvalue weighted by molar-refractivity contribution is 8.03. The van der Waals surface area contributed by atoms with Crippen molar-refractivity contribution in [2.24, 2.45) is 0 Å². The Kier molecular flexibility index (Phi) is 1.75. The summed E-state index contributed by atoms with van der Waals surface area (Å²) < 4.78 is 0. The van der Waals surface area contributed by atoms with Crippen LogP contribution in [0.15, 0.2) is 5.16 Å². The van der Waals surface area contributed by atoms with Crippen molar-refractivity contribution in [1.82, 2.24) is 15.2 Å². The van der Waals surface area contributed by atoms with Crippen LogP contribution in [0.25, 0.3) is 0 Å². The van der Waals surface area contributed by atoms with Crippen LogP contribution in [0, 0.1) is 18.6 Å². The summed E-state index contributed by atoms with van der Waals surface area (Å²) in [5.41, 5.74) is 0. The molecule has 1 N–H and O–H groups in total. The molecule has 1 aromatic heterocycles. The lowest BCUT2D eigenvalue weighted by Gasteiger charge is -1.75. The van der Waals surface area contributed by atoms with E-state index in [1.165, 1.54) is 11.8 Å². The zero-order valence-electron chi connectivity index (χ0n) is 4.88.